The lowest BCUT2D eigenvalue weighted by Crippen LogP contribution is -2.12. The Labute approximate surface area is 128 Å². The first-order valence-corrected chi connectivity index (χ1v) is 7.19. The molecule has 114 valence electrons. The van der Waals surface area contributed by atoms with Crippen LogP contribution in [-0.2, 0) is 6.18 Å². The Bertz CT molecular complexity index is 629. The maximum atomic E-state index is 12.5. The second-order valence-electron chi connectivity index (χ2n) is 4.27. The van der Waals surface area contributed by atoms with Gasteiger partial charge in [-0.25, -0.2) is 9.97 Å². The highest BCUT2D eigenvalue weighted by Gasteiger charge is 2.31. The molecule has 2 aromatic rings. The number of nitrogens with zero attached hydrogens (tertiary/aromatic N) is 2. The zero-order valence-corrected chi connectivity index (χ0v) is 12.7. The Morgan fingerprint density at radius 1 is 1.38 bits per heavy atom. The summed E-state index contributed by atoms with van der Waals surface area (Å²) in [5.41, 5.74) is -0.0604. The minimum atomic E-state index is -4.47. The Balaban J connectivity index is 2.18. The summed E-state index contributed by atoms with van der Waals surface area (Å²) in [6.07, 6.45) is -3.73. The van der Waals surface area contributed by atoms with Crippen molar-refractivity contribution in [1.29, 1.82) is 0 Å². The molecule has 9 heteroatoms. The molecule has 2 N–H and O–H groups in total. The van der Waals surface area contributed by atoms with E-state index in [1.54, 1.807) is 0 Å². The summed E-state index contributed by atoms with van der Waals surface area (Å²) in [5.74, 6) is 0.141. The van der Waals surface area contributed by atoms with Gasteiger partial charge in [0.2, 0.25) is 0 Å². The summed E-state index contributed by atoms with van der Waals surface area (Å²) >= 11 is 7.14. The third kappa shape index (κ3) is 3.84. The predicted octanol–water partition coefficient (Wildman–Crippen LogP) is 4.23. The molecule has 0 aliphatic heterocycles. The number of rotatable bonds is 4. The van der Waals surface area contributed by atoms with Crippen LogP contribution in [0.5, 0.6) is 0 Å². The maximum absolute atomic E-state index is 12.5. The minimum Gasteiger partial charge on any atom is -0.315 e. The Morgan fingerprint density at radius 2 is 2.10 bits per heavy atom. The first kappa shape index (κ1) is 16.0. The number of anilines is 2. The van der Waals surface area contributed by atoms with E-state index in [0.717, 1.165) is 18.0 Å². The Morgan fingerprint density at radius 3 is 2.67 bits per heavy atom. The lowest BCUT2D eigenvalue weighted by molar-refractivity contribution is -0.137. The van der Waals surface area contributed by atoms with E-state index in [-0.39, 0.29) is 16.9 Å². The average molecular weight is 337 g/mol. The summed E-state index contributed by atoms with van der Waals surface area (Å²) < 4.78 is 37.6. The summed E-state index contributed by atoms with van der Waals surface area (Å²) in [6.45, 7) is 1.95. The molecule has 0 bridgehead atoms. The first-order valence-electron chi connectivity index (χ1n) is 5.93. The van der Waals surface area contributed by atoms with Gasteiger partial charge in [-0.1, -0.05) is 11.6 Å². The zero-order valence-electron chi connectivity index (χ0n) is 11.1. The second-order valence-corrected chi connectivity index (χ2v) is 5.53. The predicted molar refractivity (Wildman–Crippen MR) is 77.1 cm³/mol. The SMILES string of the molecule is CNC(C)c1csc(Nc2ncc(C(F)(F)F)cc2Cl)n1. The summed E-state index contributed by atoms with van der Waals surface area (Å²) in [5, 5.41) is 8.12. The van der Waals surface area contributed by atoms with Gasteiger partial charge in [-0.2, -0.15) is 13.2 Å². The van der Waals surface area contributed by atoms with Gasteiger partial charge in [-0.15, -0.1) is 11.3 Å². The maximum Gasteiger partial charge on any atom is 0.417 e. The molecule has 0 spiro atoms. The van der Waals surface area contributed by atoms with E-state index in [1.165, 1.54) is 11.3 Å². The standard InChI is InChI=1S/C12H12ClF3N4S/c1-6(17-2)9-5-21-11(19-9)20-10-8(13)3-7(4-18-10)12(14,15)16/h3-6,17H,1-2H3,(H,18,19,20). The van der Waals surface area contributed by atoms with Crippen LogP contribution < -0.4 is 10.6 Å². The average Bonchev–Trinajstić information content (AvgIpc) is 2.87. The van der Waals surface area contributed by atoms with Gasteiger partial charge >= 0.3 is 6.18 Å². The van der Waals surface area contributed by atoms with E-state index in [9.17, 15) is 13.2 Å². The number of pyridine rings is 1. The van der Waals surface area contributed by atoms with Crippen LogP contribution in [0, 0.1) is 0 Å². The van der Waals surface area contributed by atoms with E-state index >= 15 is 0 Å². The normalized spacial score (nSPS) is 13.2. The minimum absolute atomic E-state index is 0.0767. The lowest BCUT2D eigenvalue weighted by Gasteiger charge is -2.09. The monoisotopic (exact) mass is 336 g/mol. The lowest BCUT2D eigenvalue weighted by atomic mass is 10.3. The van der Waals surface area contributed by atoms with E-state index in [1.807, 2.05) is 19.4 Å². The van der Waals surface area contributed by atoms with Crippen molar-refractivity contribution in [3.63, 3.8) is 0 Å². The van der Waals surface area contributed by atoms with Gasteiger partial charge in [0.05, 0.1) is 16.3 Å². The van der Waals surface area contributed by atoms with Gasteiger partial charge in [0, 0.05) is 17.6 Å². The molecule has 0 aliphatic rings. The van der Waals surface area contributed by atoms with E-state index in [2.05, 4.69) is 20.6 Å². The van der Waals surface area contributed by atoms with Crippen LogP contribution in [0.25, 0.3) is 0 Å². The van der Waals surface area contributed by atoms with Crippen molar-refractivity contribution in [2.45, 2.75) is 19.1 Å². The van der Waals surface area contributed by atoms with Crippen molar-refractivity contribution in [1.82, 2.24) is 15.3 Å². The van der Waals surface area contributed by atoms with Crippen molar-refractivity contribution in [2.24, 2.45) is 0 Å². The van der Waals surface area contributed by atoms with Crippen LogP contribution in [0.15, 0.2) is 17.6 Å². The molecule has 1 unspecified atom stereocenters. The topological polar surface area (TPSA) is 49.8 Å². The van der Waals surface area contributed by atoms with Gasteiger partial charge in [-0.3, -0.25) is 0 Å². The molecule has 0 amide bonds. The second kappa shape index (κ2) is 6.17. The van der Waals surface area contributed by atoms with Gasteiger partial charge in [0.1, 0.15) is 0 Å². The number of hydrogen-bond donors (Lipinski definition) is 2. The Hall–Kier alpha value is -1.38. The molecule has 1 atom stereocenters. The van der Waals surface area contributed by atoms with Crippen LogP contribution >= 0.6 is 22.9 Å². The first-order chi connectivity index (χ1) is 9.81. The number of halogens is 4. The third-order valence-corrected chi connectivity index (χ3v) is 3.86. The molecule has 2 heterocycles. The van der Waals surface area contributed by atoms with E-state index in [4.69, 9.17) is 11.6 Å². The fourth-order valence-electron chi connectivity index (χ4n) is 1.48. The van der Waals surface area contributed by atoms with Crippen LogP contribution in [0.1, 0.15) is 24.2 Å². The third-order valence-electron chi connectivity index (χ3n) is 2.79. The fourth-order valence-corrected chi connectivity index (χ4v) is 2.49. The molecule has 0 saturated heterocycles. The summed E-state index contributed by atoms with van der Waals surface area (Å²) in [7, 11) is 1.81. The van der Waals surface area contributed by atoms with Crippen molar-refractivity contribution in [3.8, 4) is 0 Å². The van der Waals surface area contributed by atoms with Gasteiger partial charge in [0.15, 0.2) is 10.9 Å². The van der Waals surface area contributed by atoms with Crippen molar-refractivity contribution >= 4 is 33.9 Å². The largest absolute Gasteiger partial charge is 0.417 e. The smallest absolute Gasteiger partial charge is 0.315 e. The quantitative estimate of drug-likeness (QED) is 0.877. The molecule has 0 aliphatic carbocycles. The number of nitrogens with one attached hydrogen (secondary N) is 2. The highest BCUT2D eigenvalue weighted by Crippen LogP contribution is 2.33. The Kier molecular flexibility index (Phi) is 4.70. The molecule has 4 nitrogen and oxygen atoms in total. The molecule has 21 heavy (non-hydrogen) atoms. The van der Waals surface area contributed by atoms with Crippen molar-refractivity contribution in [2.75, 3.05) is 12.4 Å². The zero-order chi connectivity index (χ0) is 15.6. The molecule has 0 saturated carbocycles. The van der Waals surface area contributed by atoms with Gasteiger partial charge in [-0.05, 0) is 20.0 Å². The van der Waals surface area contributed by atoms with E-state index < -0.39 is 11.7 Å². The van der Waals surface area contributed by atoms with Crippen molar-refractivity contribution < 1.29 is 13.2 Å². The highest BCUT2D eigenvalue weighted by molar-refractivity contribution is 7.13. The number of thiazole rings is 1. The van der Waals surface area contributed by atoms with Gasteiger partial charge in [0.25, 0.3) is 0 Å². The summed E-state index contributed by atoms with van der Waals surface area (Å²) in [6, 6.07) is 0.912. The fraction of sp³-hybridized carbons (Fsp3) is 0.333. The number of aromatic nitrogens is 2. The summed E-state index contributed by atoms with van der Waals surface area (Å²) in [4.78, 5) is 8.01. The molecule has 0 radical (unpaired) electrons. The molecule has 2 aromatic heterocycles. The van der Waals surface area contributed by atoms with Crippen LogP contribution in [0.2, 0.25) is 5.02 Å². The van der Waals surface area contributed by atoms with Gasteiger partial charge < -0.3 is 10.6 Å². The van der Waals surface area contributed by atoms with Crippen LogP contribution in [-0.4, -0.2) is 17.0 Å². The number of alkyl halides is 3. The molecule has 0 aromatic carbocycles. The van der Waals surface area contributed by atoms with Crippen molar-refractivity contribution in [3.05, 3.63) is 33.9 Å². The number of hydrogen-bond acceptors (Lipinski definition) is 5. The van der Waals surface area contributed by atoms with E-state index in [0.29, 0.717) is 5.13 Å². The molecule has 2 rings (SSSR count). The van der Waals surface area contributed by atoms with Crippen LogP contribution in [0.4, 0.5) is 24.1 Å². The molecular weight excluding hydrogens is 325 g/mol. The highest BCUT2D eigenvalue weighted by atomic mass is 35.5. The molecule has 0 fully saturated rings. The molecular formula is C12H12ClF3N4S. The van der Waals surface area contributed by atoms with Crippen LogP contribution in [0.3, 0.4) is 0 Å².